The smallest absolute Gasteiger partial charge is 0.224 e. The van der Waals surface area contributed by atoms with Crippen molar-refractivity contribution in [1.29, 1.82) is 0 Å². The van der Waals surface area contributed by atoms with Crippen LogP contribution in [0.3, 0.4) is 0 Å². The predicted molar refractivity (Wildman–Crippen MR) is 99.8 cm³/mol. The van der Waals surface area contributed by atoms with Crippen molar-refractivity contribution in [2.75, 3.05) is 33.4 Å². The molecule has 2 aromatic rings. The Morgan fingerprint density at radius 2 is 2.19 bits per heavy atom. The Morgan fingerprint density at radius 1 is 1.33 bits per heavy atom. The number of piperidine rings is 1. The lowest BCUT2D eigenvalue weighted by atomic mass is 9.89. The zero-order valence-corrected chi connectivity index (χ0v) is 15.8. The summed E-state index contributed by atoms with van der Waals surface area (Å²) in [5, 5.41) is 4.87. The average Bonchev–Trinajstić information content (AvgIpc) is 3.12. The second-order valence-electron chi connectivity index (χ2n) is 7.11. The molecule has 4 heterocycles. The molecular weight excluding hydrogens is 344 g/mol. The van der Waals surface area contributed by atoms with Crippen LogP contribution in [0.15, 0.2) is 24.4 Å². The number of carbonyl (C=O) groups is 1. The molecule has 2 aliphatic rings. The van der Waals surface area contributed by atoms with Gasteiger partial charge in [0.1, 0.15) is 0 Å². The lowest BCUT2D eigenvalue weighted by molar-refractivity contribution is -0.133. The van der Waals surface area contributed by atoms with E-state index in [0.717, 1.165) is 50.5 Å². The van der Waals surface area contributed by atoms with Crippen molar-refractivity contribution >= 4 is 5.91 Å². The van der Waals surface area contributed by atoms with E-state index >= 15 is 0 Å². The fourth-order valence-electron chi connectivity index (χ4n) is 4.03. The Hall–Kier alpha value is -2.25. The molecule has 27 heavy (non-hydrogen) atoms. The topological polar surface area (TPSA) is 69.5 Å². The largest absolute Gasteiger partial charge is 0.384 e. The second kappa shape index (κ2) is 8.19. The number of aromatic nitrogens is 3. The van der Waals surface area contributed by atoms with E-state index in [9.17, 15) is 4.79 Å². The Labute approximate surface area is 159 Å². The van der Waals surface area contributed by atoms with Crippen LogP contribution in [0.1, 0.15) is 42.1 Å². The Morgan fingerprint density at radius 3 is 2.93 bits per heavy atom. The first kappa shape index (κ1) is 18.1. The minimum atomic E-state index is 0.180. The molecule has 0 saturated carbocycles. The van der Waals surface area contributed by atoms with E-state index < -0.39 is 0 Å². The number of hydrogen-bond donors (Lipinski definition) is 0. The van der Waals surface area contributed by atoms with Crippen LogP contribution in [0.4, 0.5) is 0 Å². The summed E-state index contributed by atoms with van der Waals surface area (Å²) in [6.45, 7) is 3.37. The fourth-order valence-corrected chi connectivity index (χ4v) is 4.03. The zero-order valence-electron chi connectivity index (χ0n) is 15.8. The van der Waals surface area contributed by atoms with E-state index in [1.807, 2.05) is 27.8 Å². The normalized spacial score (nSPS) is 17.7. The summed E-state index contributed by atoms with van der Waals surface area (Å²) >= 11 is 0. The fraction of sp³-hybridized carbons (Fsp3) is 0.550. The molecule has 1 saturated heterocycles. The third-order valence-corrected chi connectivity index (χ3v) is 5.46. The van der Waals surface area contributed by atoms with Crippen LogP contribution < -0.4 is 0 Å². The lowest BCUT2D eigenvalue weighted by Crippen LogP contribution is -2.38. The highest BCUT2D eigenvalue weighted by Gasteiger charge is 2.31. The van der Waals surface area contributed by atoms with Crippen molar-refractivity contribution in [2.24, 2.45) is 0 Å². The molecule has 144 valence electrons. The molecule has 0 radical (unpaired) electrons. The van der Waals surface area contributed by atoms with Crippen LogP contribution >= 0.6 is 0 Å². The van der Waals surface area contributed by atoms with Gasteiger partial charge in [0.05, 0.1) is 37.6 Å². The van der Waals surface area contributed by atoms with Crippen LogP contribution in [0, 0.1) is 0 Å². The summed E-state index contributed by atoms with van der Waals surface area (Å²) in [6.07, 6.45) is 4.97. The van der Waals surface area contributed by atoms with Crippen molar-refractivity contribution in [2.45, 2.75) is 38.2 Å². The van der Waals surface area contributed by atoms with Gasteiger partial charge >= 0.3 is 0 Å². The molecule has 0 N–H and O–H groups in total. The van der Waals surface area contributed by atoms with Gasteiger partial charge in [-0.3, -0.25) is 4.79 Å². The molecule has 2 aromatic heterocycles. The molecule has 7 nitrogen and oxygen atoms in total. The number of likely N-dealkylation sites (tertiary alicyclic amines) is 1. The number of ether oxygens (including phenoxy) is 2. The van der Waals surface area contributed by atoms with Crippen LogP contribution in [-0.4, -0.2) is 59.0 Å². The zero-order chi connectivity index (χ0) is 18.6. The third-order valence-electron chi connectivity index (χ3n) is 5.46. The Kier molecular flexibility index (Phi) is 5.50. The lowest BCUT2D eigenvalue weighted by Gasteiger charge is -2.33. The minimum absolute atomic E-state index is 0.180. The highest BCUT2D eigenvalue weighted by atomic mass is 16.5. The molecule has 2 aliphatic heterocycles. The number of pyridine rings is 1. The van der Waals surface area contributed by atoms with Gasteiger partial charge in [0.25, 0.3) is 0 Å². The van der Waals surface area contributed by atoms with Gasteiger partial charge in [0.2, 0.25) is 5.91 Å². The van der Waals surface area contributed by atoms with E-state index in [-0.39, 0.29) is 5.91 Å². The van der Waals surface area contributed by atoms with Gasteiger partial charge < -0.3 is 14.4 Å². The van der Waals surface area contributed by atoms with Crippen molar-refractivity contribution in [3.8, 4) is 5.82 Å². The Balaban J connectivity index is 1.57. The van der Waals surface area contributed by atoms with Crippen molar-refractivity contribution in [1.82, 2.24) is 19.7 Å². The standard InChI is InChI=1S/C20H26N4O3/c1-26-12-8-19(25)23-10-5-15(6-11-23)20-16-14-27-13-7-17(16)22-24(20)18-4-2-3-9-21-18/h2-4,9,15H,5-8,10-14H2,1H3. The summed E-state index contributed by atoms with van der Waals surface area (Å²) in [4.78, 5) is 18.7. The first-order chi connectivity index (χ1) is 13.3. The monoisotopic (exact) mass is 370 g/mol. The molecule has 7 heteroatoms. The van der Waals surface area contributed by atoms with E-state index in [0.29, 0.717) is 25.6 Å². The van der Waals surface area contributed by atoms with Gasteiger partial charge in [0, 0.05) is 44.3 Å². The van der Waals surface area contributed by atoms with Gasteiger partial charge in [-0.25, -0.2) is 9.67 Å². The molecule has 0 unspecified atom stereocenters. The number of methoxy groups -OCH3 is 1. The highest BCUT2D eigenvalue weighted by Crippen LogP contribution is 2.35. The molecule has 0 bridgehead atoms. The molecule has 0 aliphatic carbocycles. The van der Waals surface area contributed by atoms with E-state index in [1.54, 1.807) is 13.3 Å². The first-order valence-corrected chi connectivity index (χ1v) is 9.64. The maximum absolute atomic E-state index is 12.3. The first-order valence-electron chi connectivity index (χ1n) is 9.64. The molecule has 4 rings (SSSR count). The average molecular weight is 370 g/mol. The summed E-state index contributed by atoms with van der Waals surface area (Å²) in [7, 11) is 1.63. The van der Waals surface area contributed by atoms with Crippen molar-refractivity contribution in [3.63, 3.8) is 0 Å². The number of rotatable bonds is 5. The molecule has 0 spiro atoms. The van der Waals surface area contributed by atoms with Crippen LogP contribution in [0.2, 0.25) is 0 Å². The predicted octanol–water partition coefficient (Wildman–Crippen LogP) is 2.08. The van der Waals surface area contributed by atoms with Gasteiger partial charge in [0.15, 0.2) is 5.82 Å². The van der Waals surface area contributed by atoms with E-state index in [2.05, 4.69) is 4.98 Å². The van der Waals surface area contributed by atoms with Gasteiger partial charge in [-0.15, -0.1) is 0 Å². The molecule has 0 atom stereocenters. The number of nitrogens with zero attached hydrogens (tertiary/aromatic N) is 4. The molecule has 1 fully saturated rings. The number of amides is 1. The quantitative estimate of drug-likeness (QED) is 0.806. The Bertz CT molecular complexity index is 782. The van der Waals surface area contributed by atoms with Crippen LogP contribution in [0.5, 0.6) is 0 Å². The number of hydrogen-bond acceptors (Lipinski definition) is 5. The van der Waals surface area contributed by atoms with Crippen molar-refractivity contribution < 1.29 is 14.3 Å². The van der Waals surface area contributed by atoms with E-state index in [4.69, 9.17) is 14.6 Å². The third kappa shape index (κ3) is 3.75. The highest BCUT2D eigenvalue weighted by molar-refractivity contribution is 5.76. The number of fused-ring (bicyclic) bond motifs is 1. The van der Waals surface area contributed by atoms with Gasteiger partial charge in [-0.2, -0.15) is 5.10 Å². The van der Waals surface area contributed by atoms with Crippen molar-refractivity contribution in [3.05, 3.63) is 41.3 Å². The molecule has 0 aromatic carbocycles. The molecule has 1 amide bonds. The number of carbonyl (C=O) groups excluding carboxylic acids is 1. The summed E-state index contributed by atoms with van der Waals surface area (Å²) < 4.78 is 12.8. The van der Waals surface area contributed by atoms with Crippen LogP contribution in [0.25, 0.3) is 5.82 Å². The second-order valence-corrected chi connectivity index (χ2v) is 7.11. The SMILES string of the molecule is COCCC(=O)N1CCC(c2c3c(nn2-c2ccccn2)CCOC3)CC1. The maximum Gasteiger partial charge on any atom is 0.224 e. The van der Waals surface area contributed by atoms with E-state index in [1.165, 1.54) is 11.3 Å². The maximum atomic E-state index is 12.3. The molecular formula is C20H26N4O3. The minimum Gasteiger partial charge on any atom is -0.384 e. The van der Waals surface area contributed by atoms with Gasteiger partial charge in [-0.1, -0.05) is 6.07 Å². The summed E-state index contributed by atoms with van der Waals surface area (Å²) in [6, 6.07) is 5.90. The van der Waals surface area contributed by atoms with Gasteiger partial charge in [-0.05, 0) is 25.0 Å². The summed E-state index contributed by atoms with van der Waals surface area (Å²) in [5.41, 5.74) is 3.56. The van der Waals surface area contributed by atoms with Crippen LogP contribution in [-0.2, 0) is 27.3 Å². The summed E-state index contributed by atoms with van der Waals surface area (Å²) in [5.74, 6) is 1.39.